The highest BCUT2D eigenvalue weighted by Gasteiger charge is 2.16. The highest BCUT2D eigenvalue weighted by molar-refractivity contribution is 6.32. The van der Waals surface area contributed by atoms with Crippen LogP contribution in [0.2, 0.25) is 5.02 Å². The Morgan fingerprint density at radius 3 is 2.31 bits per heavy atom. The molecule has 1 aliphatic carbocycles. The molecule has 0 radical (unpaired) electrons. The number of aryl methyl sites for hydroxylation is 2. The Balaban J connectivity index is 1.50. The maximum absolute atomic E-state index is 12.1. The second-order valence-corrected chi connectivity index (χ2v) is 7.13. The molecule has 0 aromatic heterocycles. The van der Waals surface area contributed by atoms with Crippen LogP contribution in [0.1, 0.15) is 36.8 Å². The average Bonchev–Trinajstić information content (AvgIpc) is 3.12. The molecule has 0 aliphatic heterocycles. The zero-order valence-electron chi connectivity index (χ0n) is 15.2. The lowest BCUT2D eigenvalue weighted by atomic mass is 10.1. The lowest BCUT2D eigenvalue weighted by Gasteiger charge is -2.13. The Morgan fingerprint density at radius 2 is 1.69 bits per heavy atom. The fourth-order valence-electron chi connectivity index (χ4n) is 3.15. The van der Waals surface area contributed by atoms with Gasteiger partial charge in [-0.2, -0.15) is 0 Å². The van der Waals surface area contributed by atoms with Gasteiger partial charge in [0.15, 0.2) is 6.61 Å². The minimum atomic E-state index is -0.209. The van der Waals surface area contributed by atoms with Gasteiger partial charge < -0.3 is 14.8 Å². The molecule has 0 heterocycles. The Kier molecular flexibility index (Phi) is 6.04. The van der Waals surface area contributed by atoms with E-state index in [-0.39, 0.29) is 12.5 Å². The smallest absolute Gasteiger partial charge is 0.262 e. The van der Waals surface area contributed by atoms with E-state index in [4.69, 9.17) is 21.1 Å². The third kappa shape index (κ3) is 4.92. The third-order valence-corrected chi connectivity index (χ3v) is 5.12. The summed E-state index contributed by atoms with van der Waals surface area (Å²) in [6.45, 7) is 3.77. The number of amides is 1. The molecule has 3 rings (SSSR count). The molecule has 2 aromatic rings. The van der Waals surface area contributed by atoms with Crippen LogP contribution in [0.25, 0.3) is 0 Å². The summed E-state index contributed by atoms with van der Waals surface area (Å²) in [5.74, 6) is 1.28. The van der Waals surface area contributed by atoms with Crippen molar-refractivity contribution in [3.8, 4) is 11.5 Å². The normalized spacial score (nSPS) is 14.3. The number of halogens is 1. The van der Waals surface area contributed by atoms with E-state index in [2.05, 4.69) is 5.32 Å². The van der Waals surface area contributed by atoms with E-state index in [1.807, 2.05) is 50.2 Å². The van der Waals surface area contributed by atoms with Crippen LogP contribution >= 0.6 is 11.6 Å². The fraction of sp³-hybridized carbons (Fsp3) is 0.381. The molecule has 1 aliphatic rings. The van der Waals surface area contributed by atoms with Gasteiger partial charge in [0.25, 0.3) is 5.91 Å². The van der Waals surface area contributed by atoms with Gasteiger partial charge in [-0.3, -0.25) is 4.79 Å². The fourth-order valence-corrected chi connectivity index (χ4v) is 3.26. The third-order valence-electron chi connectivity index (χ3n) is 4.52. The lowest BCUT2D eigenvalue weighted by Crippen LogP contribution is -2.20. The molecule has 1 saturated carbocycles. The summed E-state index contributed by atoms with van der Waals surface area (Å²) in [5, 5.41) is 3.55. The van der Waals surface area contributed by atoms with Crippen LogP contribution in [0.4, 0.5) is 5.69 Å². The van der Waals surface area contributed by atoms with Crippen LogP contribution in [0.3, 0.4) is 0 Å². The second-order valence-electron chi connectivity index (χ2n) is 6.76. The van der Waals surface area contributed by atoms with E-state index in [9.17, 15) is 4.79 Å². The van der Waals surface area contributed by atoms with E-state index in [0.717, 1.165) is 40.4 Å². The molecule has 2 aromatic carbocycles. The molecule has 5 heteroatoms. The number of carbonyl (C=O) groups excluding carboxylic acids is 1. The van der Waals surface area contributed by atoms with Crippen molar-refractivity contribution in [2.24, 2.45) is 0 Å². The number of benzene rings is 2. The standard InChI is InChI=1S/C21H24ClNO3/c1-14-11-19(12-15(2)21(14)22)25-13-20(24)23-16-7-9-18(10-8-16)26-17-5-3-4-6-17/h7-12,17H,3-6,13H2,1-2H3,(H,23,24). The van der Waals surface area contributed by atoms with Crippen LogP contribution < -0.4 is 14.8 Å². The molecule has 0 saturated heterocycles. The quantitative estimate of drug-likeness (QED) is 0.747. The summed E-state index contributed by atoms with van der Waals surface area (Å²) < 4.78 is 11.5. The first kappa shape index (κ1) is 18.6. The van der Waals surface area contributed by atoms with Crippen molar-refractivity contribution in [2.45, 2.75) is 45.6 Å². The van der Waals surface area contributed by atoms with E-state index < -0.39 is 0 Å². The van der Waals surface area contributed by atoms with Crippen molar-refractivity contribution < 1.29 is 14.3 Å². The van der Waals surface area contributed by atoms with Gasteiger partial charge in [-0.25, -0.2) is 0 Å². The highest BCUT2D eigenvalue weighted by atomic mass is 35.5. The molecule has 0 unspecified atom stereocenters. The molecular weight excluding hydrogens is 350 g/mol. The molecule has 1 amide bonds. The molecule has 26 heavy (non-hydrogen) atoms. The monoisotopic (exact) mass is 373 g/mol. The maximum atomic E-state index is 12.1. The first-order chi connectivity index (χ1) is 12.5. The molecule has 0 spiro atoms. The Labute approximate surface area is 159 Å². The molecular formula is C21H24ClNO3. The molecule has 4 nitrogen and oxygen atoms in total. The second kappa shape index (κ2) is 8.45. The molecule has 1 N–H and O–H groups in total. The molecule has 138 valence electrons. The summed E-state index contributed by atoms with van der Waals surface area (Å²) in [4.78, 5) is 12.1. The van der Waals surface area contributed by atoms with Crippen molar-refractivity contribution in [2.75, 3.05) is 11.9 Å². The minimum absolute atomic E-state index is 0.0547. The largest absolute Gasteiger partial charge is 0.490 e. The van der Waals surface area contributed by atoms with Crippen molar-refractivity contribution in [3.63, 3.8) is 0 Å². The number of nitrogens with one attached hydrogen (secondary N) is 1. The highest BCUT2D eigenvalue weighted by Crippen LogP contribution is 2.26. The van der Waals surface area contributed by atoms with Crippen LogP contribution in [0.15, 0.2) is 36.4 Å². The molecule has 0 atom stereocenters. The number of hydrogen-bond donors (Lipinski definition) is 1. The van der Waals surface area contributed by atoms with Gasteiger partial charge in [-0.15, -0.1) is 0 Å². The Bertz CT molecular complexity index is 744. The van der Waals surface area contributed by atoms with Crippen molar-refractivity contribution in [3.05, 3.63) is 52.5 Å². The Morgan fingerprint density at radius 1 is 1.08 bits per heavy atom. The van der Waals surface area contributed by atoms with E-state index in [0.29, 0.717) is 11.9 Å². The van der Waals surface area contributed by atoms with Gasteiger partial charge in [-0.1, -0.05) is 11.6 Å². The summed E-state index contributed by atoms with van der Waals surface area (Å²) in [5.41, 5.74) is 2.58. The van der Waals surface area contributed by atoms with Gasteiger partial charge in [-0.05, 0) is 87.1 Å². The summed E-state index contributed by atoms with van der Waals surface area (Å²) in [6, 6.07) is 11.1. The number of rotatable bonds is 6. The SMILES string of the molecule is Cc1cc(OCC(=O)Nc2ccc(OC3CCCC3)cc2)cc(C)c1Cl. The summed E-state index contributed by atoms with van der Waals surface area (Å²) >= 11 is 6.14. The van der Waals surface area contributed by atoms with Gasteiger partial charge in [0.1, 0.15) is 11.5 Å². The van der Waals surface area contributed by atoms with E-state index in [1.54, 1.807) is 0 Å². The maximum Gasteiger partial charge on any atom is 0.262 e. The number of anilines is 1. The summed E-state index contributed by atoms with van der Waals surface area (Å²) in [7, 11) is 0. The predicted molar refractivity (Wildman–Crippen MR) is 104 cm³/mol. The number of carbonyl (C=O) groups is 1. The topological polar surface area (TPSA) is 47.6 Å². The van der Waals surface area contributed by atoms with Crippen LogP contribution in [-0.4, -0.2) is 18.6 Å². The minimum Gasteiger partial charge on any atom is -0.490 e. The van der Waals surface area contributed by atoms with Crippen LogP contribution in [0, 0.1) is 13.8 Å². The molecule has 1 fully saturated rings. The van der Waals surface area contributed by atoms with E-state index in [1.165, 1.54) is 12.8 Å². The lowest BCUT2D eigenvalue weighted by molar-refractivity contribution is -0.118. The average molecular weight is 374 g/mol. The Hall–Kier alpha value is -2.20. The first-order valence-corrected chi connectivity index (χ1v) is 9.35. The van der Waals surface area contributed by atoms with Crippen LogP contribution in [-0.2, 0) is 4.79 Å². The first-order valence-electron chi connectivity index (χ1n) is 8.97. The molecule has 0 bridgehead atoms. The number of hydrogen-bond acceptors (Lipinski definition) is 3. The predicted octanol–water partition coefficient (Wildman–Crippen LogP) is 5.30. The van der Waals surface area contributed by atoms with Gasteiger partial charge in [0, 0.05) is 10.7 Å². The van der Waals surface area contributed by atoms with Crippen molar-refractivity contribution in [1.82, 2.24) is 0 Å². The zero-order valence-corrected chi connectivity index (χ0v) is 15.9. The number of ether oxygens (including phenoxy) is 2. The van der Waals surface area contributed by atoms with Crippen LogP contribution in [0.5, 0.6) is 11.5 Å². The summed E-state index contributed by atoms with van der Waals surface area (Å²) in [6.07, 6.45) is 5.06. The van der Waals surface area contributed by atoms with Gasteiger partial charge in [0.05, 0.1) is 6.10 Å². The van der Waals surface area contributed by atoms with E-state index >= 15 is 0 Å². The van der Waals surface area contributed by atoms with Crippen molar-refractivity contribution >= 4 is 23.2 Å². The van der Waals surface area contributed by atoms with Gasteiger partial charge >= 0.3 is 0 Å². The van der Waals surface area contributed by atoms with Gasteiger partial charge in [0.2, 0.25) is 0 Å². The zero-order chi connectivity index (χ0) is 18.5. The van der Waals surface area contributed by atoms with Crippen molar-refractivity contribution in [1.29, 1.82) is 0 Å².